The van der Waals surface area contributed by atoms with Crippen LogP contribution in [0.15, 0.2) is 23.1 Å². The lowest BCUT2D eigenvalue weighted by atomic mass is 10.2. The first-order valence-electron chi connectivity index (χ1n) is 5.18. The first kappa shape index (κ1) is 11.4. The average molecular weight is 236 g/mol. The molecule has 6 heteroatoms. The van der Waals surface area contributed by atoms with Crippen molar-refractivity contribution in [2.75, 3.05) is 0 Å². The third-order valence-electron chi connectivity index (χ3n) is 2.88. The molecule has 1 aromatic rings. The van der Waals surface area contributed by atoms with Crippen molar-refractivity contribution in [3.05, 3.63) is 34.2 Å². The Kier molecular flexibility index (Phi) is 2.49. The van der Waals surface area contributed by atoms with Crippen LogP contribution in [0.1, 0.15) is 23.2 Å². The van der Waals surface area contributed by atoms with Gasteiger partial charge in [-0.2, -0.15) is 0 Å². The quantitative estimate of drug-likeness (QED) is 0.756. The predicted molar refractivity (Wildman–Crippen MR) is 58.8 cm³/mol. The number of carboxylic acid groups (broad SMARTS) is 1. The Morgan fingerprint density at radius 3 is 2.65 bits per heavy atom. The van der Waals surface area contributed by atoms with Gasteiger partial charge in [0.15, 0.2) is 0 Å². The summed E-state index contributed by atoms with van der Waals surface area (Å²) in [5.41, 5.74) is -1.65. The molecule has 1 heterocycles. The van der Waals surface area contributed by atoms with Crippen LogP contribution in [0, 0.1) is 0 Å². The summed E-state index contributed by atoms with van der Waals surface area (Å²) < 4.78 is 1.27. The van der Waals surface area contributed by atoms with Crippen LogP contribution in [0.2, 0.25) is 0 Å². The van der Waals surface area contributed by atoms with Crippen LogP contribution in [0.5, 0.6) is 0 Å². The van der Waals surface area contributed by atoms with Crippen molar-refractivity contribution in [3.63, 3.8) is 0 Å². The molecule has 90 valence electrons. The van der Waals surface area contributed by atoms with Gasteiger partial charge >= 0.3 is 5.97 Å². The second kappa shape index (κ2) is 3.73. The van der Waals surface area contributed by atoms with E-state index in [1.807, 2.05) is 0 Å². The Bertz CT molecular complexity index is 543. The van der Waals surface area contributed by atoms with Crippen LogP contribution < -0.4 is 10.9 Å². The molecular formula is C11H12N2O4. The Morgan fingerprint density at radius 1 is 1.47 bits per heavy atom. The molecule has 0 bridgehead atoms. The second-order valence-corrected chi connectivity index (χ2v) is 4.18. The van der Waals surface area contributed by atoms with Crippen LogP contribution in [-0.4, -0.2) is 27.1 Å². The van der Waals surface area contributed by atoms with E-state index in [1.165, 1.54) is 23.9 Å². The highest BCUT2D eigenvalue weighted by Gasteiger charge is 2.51. The van der Waals surface area contributed by atoms with Crippen molar-refractivity contribution >= 4 is 11.9 Å². The van der Waals surface area contributed by atoms with Crippen molar-refractivity contribution in [1.29, 1.82) is 0 Å². The highest BCUT2D eigenvalue weighted by Crippen LogP contribution is 2.35. The summed E-state index contributed by atoms with van der Waals surface area (Å²) in [4.78, 5) is 34.3. The Hall–Kier alpha value is -2.11. The van der Waals surface area contributed by atoms with Gasteiger partial charge in [-0.25, -0.2) is 4.79 Å². The molecule has 0 spiro atoms. The standard InChI is InChI=1S/C11H12N2O4/c1-13-6-2-3-7(9(13)15)8(14)12-11(4-5-11)10(16)17/h2-3,6H,4-5H2,1H3,(H,12,14)(H,16,17). The summed E-state index contributed by atoms with van der Waals surface area (Å²) in [5, 5.41) is 11.3. The molecule has 2 rings (SSSR count). The number of hydrogen-bond acceptors (Lipinski definition) is 3. The van der Waals surface area contributed by atoms with Crippen molar-refractivity contribution in [3.8, 4) is 0 Å². The molecule has 0 aromatic carbocycles. The van der Waals surface area contributed by atoms with Gasteiger partial charge in [-0.1, -0.05) is 0 Å². The number of carbonyl (C=O) groups is 2. The molecule has 0 radical (unpaired) electrons. The van der Waals surface area contributed by atoms with Crippen molar-refractivity contribution < 1.29 is 14.7 Å². The number of aryl methyl sites for hydroxylation is 1. The number of carbonyl (C=O) groups excluding carboxylic acids is 1. The van der Waals surface area contributed by atoms with E-state index in [4.69, 9.17) is 5.11 Å². The molecule has 1 saturated carbocycles. The molecule has 2 N–H and O–H groups in total. The Morgan fingerprint density at radius 2 is 2.12 bits per heavy atom. The van der Waals surface area contributed by atoms with E-state index in [-0.39, 0.29) is 5.56 Å². The monoisotopic (exact) mass is 236 g/mol. The van der Waals surface area contributed by atoms with Crippen LogP contribution in [0.4, 0.5) is 0 Å². The number of aliphatic carboxylic acids is 1. The van der Waals surface area contributed by atoms with E-state index in [0.29, 0.717) is 12.8 Å². The molecule has 17 heavy (non-hydrogen) atoms. The summed E-state index contributed by atoms with van der Waals surface area (Å²) in [6.07, 6.45) is 2.34. The maximum absolute atomic E-state index is 11.8. The first-order valence-corrected chi connectivity index (χ1v) is 5.18. The molecule has 1 amide bonds. The van der Waals surface area contributed by atoms with Gasteiger partial charge in [0.1, 0.15) is 11.1 Å². The van der Waals surface area contributed by atoms with Gasteiger partial charge in [0.25, 0.3) is 11.5 Å². The summed E-state index contributed by atoms with van der Waals surface area (Å²) >= 11 is 0. The second-order valence-electron chi connectivity index (χ2n) is 4.18. The van der Waals surface area contributed by atoms with Gasteiger partial charge in [0.2, 0.25) is 0 Å². The zero-order valence-corrected chi connectivity index (χ0v) is 9.27. The van der Waals surface area contributed by atoms with E-state index in [0.717, 1.165) is 0 Å². The van der Waals surface area contributed by atoms with Crippen LogP contribution in [0.25, 0.3) is 0 Å². The number of rotatable bonds is 3. The summed E-state index contributed by atoms with van der Waals surface area (Å²) in [5.74, 6) is -1.69. The van der Waals surface area contributed by atoms with Gasteiger partial charge < -0.3 is 15.0 Å². The fraction of sp³-hybridized carbons (Fsp3) is 0.364. The SMILES string of the molecule is Cn1cccc(C(=O)NC2(C(=O)O)CC2)c1=O. The van der Waals surface area contributed by atoms with Gasteiger partial charge in [0, 0.05) is 13.2 Å². The van der Waals surface area contributed by atoms with Crippen molar-refractivity contribution in [2.24, 2.45) is 7.05 Å². The van der Waals surface area contributed by atoms with Gasteiger partial charge in [-0.15, -0.1) is 0 Å². The number of aromatic nitrogens is 1. The largest absolute Gasteiger partial charge is 0.480 e. The van der Waals surface area contributed by atoms with E-state index < -0.39 is 23.0 Å². The van der Waals surface area contributed by atoms with E-state index >= 15 is 0 Å². The fourth-order valence-electron chi connectivity index (χ4n) is 1.57. The minimum atomic E-state index is -1.17. The lowest BCUT2D eigenvalue weighted by Gasteiger charge is -2.12. The molecular weight excluding hydrogens is 224 g/mol. The summed E-state index contributed by atoms with van der Waals surface area (Å²) in [7, 11) is 1.53. The van der Waals surface area contributed by atoms with Gasteiger partial charge in [0.05, 0.1) is 0 Å². The maximum Gasteiger partial charge on any atom is 0.329 e. The molecule has 0 saturated heterocycles. The molecule has 1 aliphatic carbocycles. The normalized spacial score (nSPS) is 16.3. The van der Waals surface area contributed by atoms with Crippen molar-refractivity contribution in [1.82, 2.24) is 9.88 Å². The highest BCUT2D eigenvalue weighted by molar-refractivity contribution is 5.98. The number of carboxylic acids is 1. The Balaban J connectivity index is 2.24. The van der Waals surface area contributed by atoms with Crippen LogP contribution >= 0.6 is 0 Å². The predicted octanol–water partition coefficient (Wildman–Crippen LogP) is -0.268. The Labute approximate surface area is 96.9 Å². The smallest absolute Gasteiger partial charge is 0.329 e. The van der Waals surface area contributed by atoms with E-state index in [2.05, 4.69) is 5.32 Å². The lowest BCUT2D eigenvalue weighted by molar-refractivity contribution is -0.140. The number of amides is 1. The molecule has 1 aliphatic rings. The fourth-order valence-corrected chi connectivity index (χ4v) is 1.57. The van der Waals surface area contributed by atoms with Crippen molar-refractivity contribution in [2.45, 2.75) is 18.4 Å². The summed E-state index contributed by atoms with van der Waals surface area (Å²) in [6, 6.07) is 2.95. The molecule has 1 fully saturated rings. The summed E-state index contributed by atoms with van der Waals surface area (Å²) in [6.45, 7) is 0. The zero-order chi connectivity index (χ0) is 12.6. The van der Waals surface area contributed by atoms with Crippen LogP contribution in [0.3, 0.4) is 0 Å². The molecule has 1 aromatic heterocycles. The average Bonchev–Trinajstić information content (AvgIpc) is 3.03. The van der Waals surface area contributed by atoms with Crippen LogP contribution in [-0.2, 0) is 11.8 Å². The minimum absolute atomic E-state index is 0.0393. The topological polar surface area (TPSA) is 88.4 Å². The third kappa shape index (κ3) is 1.93. The minimum Gasteiger partial charge on any atom is -0.480 e. The lowest BCUT2D eigenvalue weighted by Crippen LogP contribution is -2.45. The zero-order valence-electron chi connectivity index (χ0n) is 9.27. The van der Waals surface area contributed by atoms with E-state index in [1.54, 1.807) is 6.07 Å². The maximum atomic E-state index is 11.8. The van der Waals surface area contributed by atoms with Gasteiger partial charge in [-0.05, 0) is 25.0 Å². The first-order chi connectivity index (χ1) is 7.96. The number of pyridine rings is 1. The molecule has 0 aliphatic heterocycles. The highest BCUT2D eigenvalue weighted by atomic mass is 16.4. The van der Waals surface area contributed by atoms with E-state index in [9.17, 15) is 14.4 Å². The molecule has 0 unspecified atom stereocenters. The number of hydrogen-bond donors (Lipinski definition) is 2. The third-order valence-corrected chi connectivity index (χ3v) is 2.88. The van der Waals surface area contributed by atoms with Gasteiger partial charge in [-0.3, -0.25) is 9.59 Å². The molecule has 0 atom stereocenters. The molecule has 6 nitrogen and oxygen atoms in total. The number of nitrogens with zero attached hydrogens (tertiary/aromatic N) is 1. The number of nitrogens with one attached hydrogen (secondary N) is 1.